The van der Waals surface area contributed by atoms with Crippen LogP contribution in [0.15, 0.2) is 18.3 Å². The highest BCUT2D eigenvalue weighted by Gasteiger charge is 2.16. The molecule has 0 spiro atoms. The Hall–Kier alpha value is -0.890. The molecule has 1 aliphatic heterocycles. The first-order chi connectivity index (χ1) is 6.77. The van der Waals surface area contributed by atoms with Gasteiger partial charge in [-0.3, -0.25) is 4.98 Å². The van der Waals surface area contributed by atoms with E-state index in [1.54, 1.807) is 0 Å². The first kappa shape index (κ1) is 9.66. The monoisotopic (exact) mass is 190 g/mol. The van der Waals surface area contributed by atoms with Crippen LogP contribution >= 0.6 is 0 Å². The average molecular weight is 190 g/mol. The van der Waals surface area contributed by atoms with Gasteiger partial charge in [0.1, 0.15) is 0 Å². The van der Waals surface area contributed by atoms with Gasteiger partial charge >= 0.3 is 0 Å². The van der Waals surface area contributed by atoms with Gasteiger partial charge in [-0.25, -0.2) is 0 Å². The van der Waals surface area contributed by atoms with Crippen LogP contribution in [-0.2, 0) is 0 Å². The number of rotatable bonds is 2. The Morgan fingerprint density at radius 3 is 2.79 bits per heavy atom. The fourth-order valence-corrected chi connectivity index (χ4v) is 1.93. The van der Waals surface area contributed by atoms with Gasteiger partial charge < -0.3 is 5.32 Å². The lowest BCUT2D eigenvalue weighted by Crippen LogP contribution is -2.13. The van der Waals surface area contributed by atoms with Crippen molar-refractivity contribution >= 4 is 0 Å². The van der Waals surface area contributed by atoms with Crippen LogP contribution in [0.2, 0.25) is 0 Å². The van der Waals surface area contributed by atoms with E-state index in [4.69, 9.17) is 0 Å². The van der Waals surface area contributed by atoms with Gasteiger partial charge in [0, 0.05) is 17.9 Å². The molecule has 0 amide bonds. The van der Waals surface area contributed by atoms with Crippen LogP contribution in [0.1, 0.15) is 49.9 Å². The van der Waals surface area contributed by atoms with Crippen LogP contribution in [-0.4, -0.2) is 11.5 Å². The molecule has 0 saturated carbocycles. The van der Waals surface area contributed by atoms with Gasteiger partial charge in [-0.2, -0.15) is 0 Å². The van der Waals surface area contributed by atoms with Gasteiger partial charge in [-0.15, -0.1) is 0 Å². The summed E-state index contributed by atoms with van der Waals surface area (Å²) in [5, 5.41) is 3.48. The normalized spacial score (nSPS) is 21.8. The van der Waals surface area contributed by atoms with Crippen LogP contribution < -0.4 is 5.32 Å². The van der Waals surface area contributed by atoms with Gasteiger partial charge in [0.25, 0.3) is 0 Å². The minimum absolute atomic E-state index is 0.528. The second-order valence-corrected chi connectivity index (χ2v) is 4.32. The Kier molecular flexibility index (Phi) is 2.82. The van der Waals surface area contributed by atoms with Crippen LogP contribution in [0.3, 0.4) is 0 Å². The number of aromatic nitrogens is 1. The lowest BCUT2D eigenvalue weighted by molar-refractivity contribution is 0.643. The number of nitrogens with one attached hydrogen (secondary N) is 1. The molecule has 1 aliphatic rings. The highest BCUT2D eigenvalue weighted by Crippen LogP contribution is 2.23. The van der Waals surface area contributed by atoms with Gasteiger partial charge in [0.2, 0.25) is 0 Å². The SMILES string of the molecule is CC(C)c1ccc(C2CCCN2)cn1. The molecule has 1 saturated heterocycles. The molecular formula is C12H18N2. The van der Waals surface area contributed by atoms with Crippen molar-refractivity contribution in [1.82, 2.24) is 10.3 Å². The summed E-state index contributed by atoms with van der Waals surface area (Å²) in [6, 6.07) is 4.91. The molecule has 1 aromatic heterocycles. The number of pyridine rings is 1. The lowest BCUT2D eigenvalue weighted by Gasteiger charge is -2.11. The maximum atomic E-state index is 4.48. The highest BCUT2D eigenvalue weighted by molar-refractivity contribution is 5.20. The zero-order valence-corrected chi connectivity index (χ0v) is 8.96. The predicted molar refractivity (Wildman–Crippen MR) is 58.3 cm³/mol. The quantitative estimate of drug-likeness (QED) is 0.775. The zero-order valence-electron chi connectivity index (χ0n) is 8.96. The number of hydrogen-bond donors (Lipinski definition) is 1. The molecule has 0 aromatic carbocycles. The highest BCUT2D eigenvalue weighted by atomic mass is 14.9. The van der Waals surface area contributed by atoms with E-state index >= 15 is 0 Å². The van der Waals surface area contributed by atoms with Crippen LogP contribution in [0.4, 0.5) is 0 Å². The van der Waals surface area contributed by atoms with E-state index in [0.717, 1.165) is 6.54 Å². The molecule has 0 bridgehead atoms. The Morgan fingerprint density at radius 2 is 2.29 bits per heavy atom. The van der Waals surface area contributed by atoms with E-state index in [2.05, 4.69) is 36.3 Å². The second kappa shape index (κ2) is 4.09. The predicted octanol–water partition coefficient (Wildman–Crippen LogP) is 2.63. The average Bonchev–Trinajstić information content (AvgIpc) is 2.71. The summed E-state index contributed by atoms with van der Waals surface area (Å²) >= 11 is 0. The largest absolute Gasteiger partial charge is 0.310 e. The summed E-state index contributed by atoms with van der Waals surface area (Å²) in [6.07, 6.45) is 4.57. The van der Waals surface area contributed by atoms with Gasteiger partial charge in [-0.1, -0.05) is 19.9 Å². The summed E-state index contributed by atoms with van der Waals surface area (Å²) < 4.78 is 0. The maximum absolute atomic E-state index is 4.48. The van der Waals surface area contributed by atoms with Gasteiger partial charge in [0.05, 0.1) is 0 Å². The van der Waals surface area contributed by atoms with E-state index in [1.807, 2.05) is 6.20 Å². The van der Waals surface area contributed by atoms with Crippen molar-refractivity contribution in [3.05, 3.63) is 29.6 Å². The van der Waals surface area contributed by atoms with Crippen LogP contribution in [0, 0.1) is 0 Å². The summed E-state index contributed by atoms with van der Waals surface area (Å²) in [7, 11) is 0. The van der Waals surface area contributed by atoms with Crippen molar-refractivity contribution in [3.8, 4) is 0 Å². The summed E-state index contributed by atoms with van der Waals surface area (Å²) in [5.41, 5.74) is 2.53. The molecule has 1 fully saturated rings. The topological polar surface area (TPSA) is 24.9 Å². The molecule has 2 heterocycles. The smallest absolute Gasteiger partial charge is 0.0429 e. The zero-order chi connectivity index (χ0) is 9.97. The standard InChI is InChI=1S/C12H18N2/c1-9(2)11-6-5-10(8-14-11)12-4-3-7-13-12/h5-6,8-9,12-13H,3-4,7H2,1-2H3. The van der Waals surface area contributed by atoms with Gasteiger partial charge in [0.15, 0.2) is 0 Å². The van der Waals surface area contributed by atoms with Crippen molar-refractivity contribution in [2.24, 2.45) is 0 Å². The fraction of sp³-hybridized carbons (Fsp3) is 0.583. The molecular weight excluding hydrogens is 172 g/mol. The van der Waals surface area contributed by atoms with Crippen LogP contribution in [0.5, 0.6) is 0 Å². The van der Waals surface area contributed by atoms with E-state index in [-0.39, 0.29) is 0 Å². The third-order valence-electron chi connectivity index (χ3n) is 2.86. The number of nitrogens with zero attached hydrogens (tertiary/aromatic N) is 1. The number of hydrogen-bond acceptors (Lipinski definition) is 2. The third-order valence-corrected chi connectivity index (χ3v) is 2.86. The molecule has 2 rings (SSSR count). The molecule has 1 N–H and O–H groups in total. The van der Waals surface area contributed by atoms with Crippen molar-refractivity contribution < 1.29 is 0 Å². The molecule has 14 heavy (non-hydrogen) atoms. The fourth-order valence-electron chi connectivity index (χ4n) is 1.93. The molecule has 2 heteroatoms. The van der Waals surface area contributed by atoms with Crippen molar-refractivity contribution in [2.75, 3.05) is 6.54 Å². The molecule has 1 atom stereocenters. The van der Waals surface area contributed by atoms with Crippen molar-refractivity contribution in [2.45, 2.75) is 38.6 Å². The van der Waals surface area contributed by atoms with Crippen molar-refractivity contribution in [3.63, 3.8) is 0 Å². The Balaban J connectivity index is 2.12. The Morgan fingerprint density at radius 1 is 1.43 bits per heavy atom. The summed E-state index contributed by atoms with van der Waals surface area (Å²) in [6.45, 7) is 5.50. The van der Waals surface area contributed by atoms with Crippen molar-refractivity contribution in [1.29, 1.82) is 0 Å². The maximum Gasteiger partial charge on any atom is 0.0429 e. The first-order valence-corrected chi connectivity index (χ1v) is 5.46. The molecule has 1 unspecified atom stereocenters. The molecule has 1 aromatic rings. The van der Waals surface area contributed by atoms with E-state index in [9.17, 15) is 0 Å². The minimum atomic E-state index is 0.528. The minimum Gasteiger partial charge on any atom is -0.310 e. The third kappa shape index (κ3) is 1.95. The lowest BCUT2D eigenvalue weighted by atomic mass is 10.0. The Bertz CT molecular complexity index is 284. The summed E-state index contributed by atoms with van der Waals surface area (Å²) in [5.74, 6) is 0.528. The van der Waals surface area contributed by atoms with Crippen LogP contribution in [0.25, 0.3) is 0 Å². The second-order valence-electron chi connectivity index (χ2n) is 4.32. The molecule has 0 aliphatic carbocycles. The van der Waals surface area contributed by atoms with E-state index in [1.165, 1.54) is 24.1 Å². The molecule has 0 radical (unpaired) electrons. The summed E-state index contributed by atoms with van der Waals surface area (Å²) in [4.78, 5) is 4.48. The first-order valence-electron chi connectivity index (χ1n) is 5.46. The Labute approximate surface area is 85.7 Å². The van der Waals surface area contributed by atoms with E-state index < -0.39 is 0 Å². The van der Waals surface area contributed by atoms with E-state index in [0.29, 0.717) is 12.0 Å². The molecule has 76 valence electrons. The van der Waals surface area contributed by atoms with Gasteiger partial charge in [-0.05, 0) is 36.9 Å². The molecule has 2 nitrogen and oxygen atoms in total.